The van der Waals surface area contributed by atoms with Crippen LogP contribution in [0.25, 0.3) is 0 Å². The van der Waals surface area contributed by atoms with E-state index in [9.17, 15) is 4.79 Å². The number of methoxy groups -OCH3 is 1. The fourth-order valence-corrected chi connectivity index (χ4v) is 2.16. The van der Waals surface area contributed by atoms with E-state index in [1.807, 2.05) is 25.1 Å². The summed E-state index contributed by atoms with van der Waals surface area (Å²) in [6.45, 7) is 2.41. The molecule has 0 aliphatic heterocycles. The lowest BCUT2D eigenvalue weighted by Crippen LogP contribution is -2.39. The van der Waals surface area contributed by atoms with E-state index in [1.54, 1.807) is 7.11 Å². The molecule has 17 heavy (non-hydrogen) atoms. The Bertz CT molecular complexity index is 396. The monoisotopic (exact) mass is 363 g/mol. The molecule has 5 heteroatoms. The summed E-state index contributed by atoms with van der Waals surface area (Å²) in [5.41, 5.74) is 1.62. The number of benzene rings is 1. The van der Waals surface area contributed by atoms with Crippen molar-refractivity contribution < 1.29 is 9.53 Å². The highest BCUT2D eigenvalue weighted by Crippen LogP contribution is 2.19. The molecule has 1 unspecified atom stereocenters. The number of halogens is 2. The summed E-state index contributed by atoms with van der Waals surface area (Å²) in [6, 6.07) is 5.56. The molecule has 0 saturated carbocycles. The number of carbonyl (C=O) groups excluding carboxylic acids is 1. The lowest BCUT2D eigenvalue weighted by molar-refractivity contribution is 0.0907. The van der Waals surface area contributed by atoms with Gasteiger partial charge in [0, 0.05) is 22.5 Å². The summed E-state index contributed by atoms with van der Waals surface area (Å²) in [5.74, 6) is -0.0784. The SMILES string of the molecule is COCC(CBr)NC(=O)c1cccc(Br)c1C. The molecule has 3 nitrogen and oxygen atoms in total. The van der Waals surface area contributed by atoms with Crippen LogP contribution in [0.4, 0.5) is 0 Å². The van der Waals surface area contributed by atoms with Crippen LogP contribution in [0.5, 0.6) is 0 Å². The topological polar surface area (TPSA) is 38.3 Å². The quantitative estimate of drug-likeness (QED) is 0.816. The average molecular weight is 365 g/mol. The Kier molecular flexibility index (Phi) is 6.16. The summed E-state index contributed by atoms with van der Waals surface area (Å²) in [5, 5.41) is 3.59. The number of carbonyl (C=O) groups is 1. The van der Waals surface area contributed by atoms with Gasteiger partial charge in [-0.3, -0.25) is 4.79 Å². The molecule has 0 saturated heterocycles. The summed E-state index contributed by atoms with van der Waals surface area (Å²) >= 11 is 6.76. The Morgan fingerprint density at radius 1 is 1.53 bits per heavy atom. The molecule has 1 atom stereocenters. The van der Waals surface area contributed by atoms with E-state index in [0.29, 0.717) is 17.5 Å². The molecule has 1 N–H and O–H groups in total. The Morgan fingerprint density at radius 3 is 2.82 bits per heavy atom. The fourth-order valence-electron chi connectivity index (χ4n) is 1.44. The number of amides is 1. The Hall–Kier alpha value is -0.390. The van der Waals surface area contributed by atoms with Gasteiger partial charge in [-0.25, -0.2) is 0 Å². The Morgan fingerprint density at radius 2 is 2.24 bits per heavy atom. The second-order valence-electron chi connectivity index (χ2n) is 3.69. The average Bonchev–Trinajstić information content (AvgIpc) is 2.31. The van der Waals surface area contributed by atoms with Crippen molar-refractivity contribution in [2.75, 3.05) is 19.0 Å². The first-order chi connectivity index (χ1) is 8.10. The molecule has 1 rings (SSSR count). The normalized spacial score (nSPS) is 12.2. The largest absolute Gasteiger partial charge is 0.383 e. The third kappa shape index (κ3) is 4.08. The van der Waals surface area contributed by atoms with Crippen molar-refractivity contribution in [3.05, 3.63) is 33.8 Å². The zero-order valence-electron chi connectivity index (χ0n) is 9.80. The number of alkyl halides is 1. The molecular weight excluding hydrogens is 350 g/mol. The summed E-state index contributed by atoms with van der Waals surface area (Å²) < 4.78 is 5.97. The van der Waals surface area contributed by atoms with Crippen molar-refractivity contribution in [1.29, 1.82) is 0 Å². The molecule has 0 aromatic heterocycles. The van der Waals surface area contributed by atoms with Gasteiger partial charge in [-0.05, 0) is 24.6 Å². The van der Waals surface area contributed by atoms with Crippen LogP contribution in [-0.4, -0.2) is 31.0 Å². The lowest BCUT2D eigenvalue weighted by atomic mass is 10.1. The molecule has 0 spiro atoms. The van der Waals surface area contributed by atoms with Gasteiger partial charge in [-0.15, -0.1) is 0 Å². The van der Waals surface area contributed by atoms with Crippen LogP contribution in [-0.2, 0) is 4.74 Å². The third-order valence-corrected chi connectivity index (χ3v) is 4.04. The molecular formula is C12H15Br2NO2. The maximum atomic E-state index is 12.1. The van der Waals surface area contributed by atoms with E-state index in [1.165, 1.54) is 0 Å². The molecule has 1 aromatic rings. The van der Waals surface area contributed by atoms with E-state index in [-0.39, 0.29) is 11.9 Å². The number of ether oxygens (including phenoxy) is 1. The molecule has 0 fully saturated rings. The third-order valence-electron chi connectivity index (χ3n) is 2.40. The van der Waals surface area contributed by atoms with E-state index < -0.39 is 0 Å². The lowest BCUT2D eigenvalue weighted by Gasteiger charge is -2.16. The zero-order chi connectivity index (χ0) is 12.8. The van der Waals surface area contributed by atoms with Crippen LogP contribution >= 0.6 is 31.9 Å². The van der Waals surface area contributed by atoms with Crippen LogP contribution in [0.15, 0.2) is 22.7 Å². The first-order valence-electron chi connectivity index (χ1n) is 5.21. The van der Waals surface area contributed by atoms with E-state index in [0.717, 1.165) is 10.0 Å². The second kappa shape index (κ2) is 7.13. The van der Waals surface area contributed by atoms with Gasteiger partial charge in [-0.1, -0.05) is 37.9 Å². The minimum absolute atomic E-state index is 0.0223. The van der Waals surface area contributed by atoms with Gasteiger partial charge in [0.2, 0.25) is 0 Å². The maximum absolute atomic E-state index is 12.1. The predicted octanol–water partition coefficient (Wildman–Crippen LogP) is 2.90. The van der Waals surface area contributed by atoms with Crippen molar-refractivity contribution in [2.45, 2.75) is 13.0 Å². The van der Waals surface area contributed by atoms with E-state index in [2.05, 4.69) is 37.2 Å². The van der Waals surface area contributed by atoms with Crippen LogP contribution in [0.3, 0.4) is 0 Å². The van der Waals surface area contributed by atoms with Gasteiger partial charge in [0.1, 0.15) is 0 Å². The minimum Gasteiger partial charge on any atom is -0.383 e. The van der Waals surface area contributed by atoms with Crippen LogP contribution in [0, 0.1) is 6.92 Å². The van der Waals surface area contributed by atoms with Crippen molar-refractivity contribution >= 4 is 37.8 Å². The molecule has 1 aromatic carbocycles. The van der Waals surface area contributed by atoms with Crippen molar-refractivity contribution in [3.8, 4) is 0 Å². The molecule has 0 aliphatic rings. The second-order valence-corrected chi connectivity index (χ2v) is 5.19. The molecule has 1 amide bonds. The highest BCUT2D eigenvalue weighted by Gasteiger charge is 2.15. The van der Waals surface area contributed by atoms with Crippen molar-refractivity contribution in [3.63, 3.8) is 0 Å². The van der Waals surface area contributed by atoms with E-state index in [4.69, 9.17) is 4.74 Å². The van der Waals surface area contributed by atoms with Crippen molar-refractivity contribution in [1.82, 2.24) is 5.32 Å². The van der Waals surface area contributed by atoms with Gasteiger partial charge < -0.3 is 10.1 Å². The summed E-state index contributed by atoms with van der Waals surface area (Å²) in [7, 11) is 1.62. The van der Waals surface area contributed by atoms with E-state index >= 15 is 0 Å². The number of nitrogens with one attached hydrogen (secondary N) is 1. The summed E-state index contributed by atoms with van der Waals surface area (Å²) in [6.07, 6.45) is 0. The highest BCUT2D eigenvalue weighted by atomic mass is 79.9. The zero-order valence-corrected chi connectivity index (χ0v) is 13.0. The molecule has 0 aliphatic carbocycles. The Balaban J connectivity index is 2.79. The molecule has 0 bridgehead atoms. The smallest absolute Gasteiger partial charge is 0.251 e. The standard InChI is InChI=1S/C12H15Br2NO2/c1-8-10(4-3-5-11(8)14)12(16)15-9(6-13)7-17-2/h3-5,9H,6-7H2,1-2H3,(H,15,16). The molecule has 0 radical (unpaired) electrons. The first-order valence-corrected chi connectivity index (χ1v) is 7.12. The minimum atomic E-state index is -0.0784. The Labute approximate surface area is 118 Å². The van der Waals surface area contributed by atoms with Gasteiger partial charge in [0.25, 0.3) is 5.91 Å². The fraction of sp³-hybridized carbons (Fsp3) is 0.417. The van der Waals surface area contributed by atoms with Gasteiger partial charge in [-0.2, -0.15) is 0 Å². The number of rotatable bonds is 5. The highest BCUT2D eigenvalue weighted by molar-refractivity contribution is 9.10. The predicted molar refractivity (Wildman–Crippen MR) is 75.8 cm³/mol. The number of hydrogen-bond acceptors (Lipinski definition) is 2. The van der Waals surface area contributed by atoms with Gasteiger partial charge >= 0.3 is 0 Å². The molecule has 94 valence electrons. The first kappa shape index (κ1) is 14.7. The number of hydrogen-bond donors (Lipinski definition) is 1. The van der Waals surface area contributed by atoms with Crippen LogP contribution in [0.2, 0.25) is 0 Å². The summed E-state index contributed by atoms with van der Waals surface area (Å²) in [4.78, 5) is 12.1. The van der Waals surface area contributed by atoms with Gasteiger partial charge in [0.15, 0.2) is 0 Å². The maximum Gasteiger partial charge on any atom is 0.251 e. The van der Waals surface area contributed by atoms with Gasteiger partial charge in [0.05, 0.1) is 12.6 Å². The molecule has 0 heterocycles. The van der Waals surface area contributed by atoms with Crippen LogP contribution < -0.4 is 5.32 Å². The van der Waals surface area contributed by atoms with Crippen molar-refractivity contribution in [2.24, 2.45) is 0 Å². The van der Waals surface area contributed by atoms with Crippen LogP contribution in [0.1, 0.15) is 15.9 Å².